The van der Waals surface area contributed by atoms with Crippen LogP contribution in [0.1, 0.15) is 11.1 Å². The van der Waals surface area contributed by atoms with Gasteiger partial charge in [-0.1, -0.05) is 42.5 Å². The second kappa shape index (κ2) is 8.01. The Labute approximate surface area is 186 Å². The molecule has 0 radical (unpaired) electrons. The number of benzene rings is 3. The van der Waals surface area contributed by atoms with Gasteiger partial charge < -0.3 is 0 Å². The van der Waals surface area contributed by atoms with Crippen LogP contribution in [-0.4, -0.2) is 34.2 Å². The first-order valence-corrected chi connectivity index (χ1v) is 12.0. The van der Waals surface area contributed by atoms with Crippen molar-refractivity contribution in [2.24, 2.45) is 0 Å². The molecule has 0 amide bonds. The molecule has 3 aromatic carbocycles. The van der Waals surface area contributed by atoms with Gasteiger partial charge in [0.05, 0.1) is 11.1 Å². The van der Waals surface area contributed by atoms with E-state index < -0.39 is 9.84 Å². The molecule has 0 aliphatic carbocycles. The highest BCUT2D eigenvalue weighted by Crippen LogP contribution is 2.28. The number of fused-ring (bicyclic) bond motifs is 1. The van der Waals surface area contributed by atoms with E-state index in [9.17, 15) is 8.42 Å². The summed E-state index contributed by atoms with van der Waals surface area (Å²) in [5.74, 6) is 0.677. The van der Waals surface area contributed by atoms with Crippen LogP contribution >= 0.6 is 0 Å². The Balaban J connectivity index is 1.58. The highest BCUT2D eigenvalue weighted by molar-refractivity contribution is 7.90. The van der Waals surface area contributed by atoms with Gasteiger partial charge in [-0.15, -0.1) is 0 Å². The van der Waals surface area contributed by atoms with Crippen LogP contribution in [0.4, 0.5) is 0 Å². The number of imidazole rings is 1. The normalized spacial score (nSPS) is 11.7. The summed E-state index contributed by atoms with van der Waals surface area (Å²) in [6.07, 6.45) is 5.23. The Kier molecular flexibility index (Phi) is 5.03. The first kappa shape index (κ1) is 20.1. The molecular weight excluding hydrogens is 420 g/mol. The minimum atomic E-state index is -3.27. The summed E-state index contributed by atoms with van der Waals surface area (Å²) in [5.41, 5.74) is 5.54. The molecule has 5 rings (SSSR count). The van der Waals surface area contributed by atoms with E-state index in [4.69, 9.17) is 4.98 Å². The molecule has 2 heterocycles. The smallest absolute Gasteiger partial charge is 0.175 e. The lowest BCUT2D eigenvalue weighted by Gasteiger charge is -2.10. The molecule has 0 aliphatic rings. The van der Waals surface area contributed by atoms with Crippen molar-refractivity contribution in [3.8, 4) is 17.1 Å². The van der Waals surface area contributed by atoms with E-state index in [1.165, 1.54) is 23.7 Å². The fraction of sp³-hybridized carbons (Fsp3) is 0.0800. The van der Waals surface area contributed by atoms with Gasteiger partial charge in [-0.05, 0) is 53.9 Å². The lowest BCUT2D eigenvalue weighted by molar-refractivity contribution is 0.602. The minimum absolute atomic E-state index is 0.272. The average molecular weight is 441 g/mol. The molecule has 7 heteroatoms. The quantitative estimate of drug-likeness (QED) is 0.403. The maximum atomic E-state index is 11.8. The summed E-state index contributed by atoms with van der Waals surface area (Å²) in [5, 5.41) is 0. The second-order valence-electron chi connectivity index (χ2n) is 7.63. The molecule has 2 aromatic heterocycles. The number of rotatable bonds is 5. The zero-order valence-electron chi connectivity index (χ0n) is 17.4. The summed E-state index contributed by atoms with van der Waals surface area (Å²) in [6, 6.07) is 25.4. The van der Waals surface area contributed by atoms with Crippen LogP contribution in [0.15, 0.2) is 96.3 Å². The molecule has 0 atom stereocenters. The molecule has 0 spiro atoms. The summed E-state index contributed by atoms with van der Waals surface area (Å²) in [6.45, 7) is 0. The SMILES string of the molecule is CS(=O)(=O)c1ccc(-c2nc3cncnc3n2-c2ccc(Cc3ccccc3)cc2)cc1. The van der Waals surface area contributed by atoms with Crippen LogP contribution < -0.4 is 0 Å². The van der Waals surface area contributed by atoms with E-state index in [0.717, 1.165) is 17.7 Å². The predicted molar refractivity (Wildman–Crippen MR) is 124 cm³/mol. The van der Waals surface area contributed by atoms with Gasteiger partial charge in [0.25, 0.3) is 0 Å². The Bertz CT molecular complexity index is 1490. The molecule has 158 valence electrons. The van der Waals surface area contributed by atoms with E-state index in [1.54, 1.807) is 30.5 Å². The Hall–Kier alpha value is -3.84. The molecule has 0 fully saturated rings. The number of hydrogen-bond acceptors (Lipinski definition) is 5. The molecule has 0 N–H and O–H groups in total. The zero-order valence-corrected chi connectivity index (χ0v) is 18.2. The van der Waals surface area contributed by atoms with Gasteiger partial charge in [-0.25, -0.2) is 23.4 Å². The fourth-order valence-electron chi connectivity index (χ4n) is 3.72. The van der Waals surface area contributed by atoms with Crippen LogP contribution in [0.25, 0.3) is 28.2 Å². The van der Waals surface area contributed by atoms with Gasteiger partial charge in [0.1, 0.15) is 17.7 Å². The first-order chi connectivity index (χ1) is 15.5. The van der Waals surface area contributed by atoms with Crippen molar-refractivity contribution >= 4 is 21.0 Å². The Morgan fingerprint density at radius 2 is 1.53 bits per heavy atom. The van der Waals surface area contributed by atoms with E-state index in [2.05, 4.69) is 46.4 Å². The molecule has 0 saturated carbocycles. The summed E-state index contributed by atoms with van der Waals surface area (Å²) in [7, 11) is -3.27. The molecule has 0 bridgehead atoms. The molecule has 0 unspecified atom stereocenters. The van der Waals surface area contributed by atoms with Gasteiger partial charge in [0, 0.05) is 17.5 Å². The van der Waals surface area contributed by atoms with Crippen molar-refractivity contribution < 1.29 is 8.42 Å². The third kappa shape index (κ3) is 3.90. The maximum absolute atomic E-state index is 11.8. The maximum Gasteiger partial charge on any atom is 0.175 e. The number of nitrogens with zero attached hydrogens (tertiary/aromatic N) is 4. The van der Waals surface area contributed by atoms with Crippen LogP contribution in [0.2, 0.25) is 0 Å². The topological polar surface area (TPSA) is 77.7 Å². The first-order valence-electron chi connectivity index (χ1n) is 10.1. The van der Waals surface area contributed by atoms with Crippen LogP contribution in [0.3, 0.4) is 0 Å². The number of aromatic nitrogens is 4. The average Bonchev–Trinajstić information content (AvgIpc) is 3.19. The lowest BCUT2D eigenvalue weighted by Crippen LogP contribution is -2.00. The Morgan fingerprint density at radius 3 is 2.22 bits per heavy atom. The van der Waals surface area contributed by atoms with Gasteiger partial charge >= 0.3 is 0 Å². The monoisotopic (exact) mass is 440 g/mol. The summed E-state index contributed by atoms with van der Waals surface area (Å²) in [4.78, 5) is 13.5. The third-order valence-corrected chi connectivity index (χ3v) is 6.44. The molecular formula is C25H20N4O2S. The third-order valence-electron chi connectivity index (χ3n) is 5.31. The highest BCUT2D eigenvalue weighted by atomic mass is 32.2. The van der Waals surface area contributed by atoms with E-state index in [-0.39, 0.29) is 4.90 Å². The molecule has 0 saturated heterocycles. The van der Waals surface area contributed by atoms with Crippen molar-refractivity contribution in [1.82, 2.24) is 19.5 Å². The zero-order chi connectivity index (χ0) is 22.1. The van der Waals surface area contributed by atoms with Gasteiger partial charge in [-0.2, -0.15) is 0 Å². The van der Waals surface area contributed by atoms with Crippen LogP contribution in [0, 0.1) is 0 Å². The number of sulfone groups is 1. The van der Waals surface area contributed by atoms with Gasteiger partial charge in [0.15, 0.2) is 15.5 Å². The number of hydrogen-bond donors (Lipinski definition) is 0. The van der Waals surface area contributed by atoms with Crippen molar-refractivity contribution in [2.45, 2.75) is 11.3 Å². The summed E-state index contributed by atoms with van der Waals surface area (Å²) >= 11 is 0. The van der Waals surface area contributed by atoms with E-state index in [0.29, 0.717) is 17.0 Å². The largest absolute Gasteiger partial charge is 0.277 e. The highest BCUT2D eigenvalue weighted by Gasteiger charge is 2.16. The van der Waals surface area contributed by atoms with Gasteiger partial charge in [0.2, 0.25) is 0 Å². The van der Waals surface area contributed by atoms with Crippen LogP contribution in [-0.2, 0) is 16.3 Å². The fourth-order valence-corrected chi connectivity index (χ4v) is 4.35. The molecule has 32 heavy (non-hydrogen) atoms. The molecule has 5 aromatic rings. The van der Waals surface area contributed by atoms with Crippen molar-refractivity contribution in [3.05, 3.63) is 103 Å². The van der Waals surface area contributed by atoms with Crippen molar-refractivity contribution in [2.75, 3.05) is 6.26 Å². The Morgan fingerprint density at radius 1 is 0.844 bits per heavy atom. The van der Waals surface area contributed by atoms with Crippen LogP contribution in [0.5, 0.6) is 0 Å². The standard InChI is InChI=1S/C25H20N4O2S/c1-32(30,31)22-13-9-20(10-14-22)24-28-23-16-26-17-27-25(23)29(24)21-11-7-19(8-12-21)15-18-5-3-2-4-6-18/h2-14,16-17H,15H2,1H3. The predicted octanol–water partition coefficient (Wildman–Crippen LogP) is 4.48. The van der Waals surface area contributed by atoms with Crippen molar-refractivity contribution in [1.29, 1.82) is 0 Å². The second-order valence-corrected chi connectivity index (χ2v) is 9.64. The summed E-state index contributed by atoms with van der Waals surface area (Å²) < 4.78 is 25.6. The van der Waals surface area contributed by atoms with Crippen molar-refractivity contribution in [3.63, 3.8) is 0 Å². The van der Waals surface area contributed by atoms with E-state index >= 15 is 0 Å². The van der Waals surface area contributed by atoms with Gasteiger partial charge in [-0.3, -0.25) is 4.57 Å². The molecule has 6 nitrogen and oxygen atoms in total. The minimum Gasteiger partial charge on any atom is -0.277 e. The molecule has 0 aliphatic heterocycles. The lowest BCUT2D eigenvalue weighted by atomic mass is 10.0. The van der Waals surface area contributed by atoms with E-state index in [1.807, 2.05) is 22.8 Å².